The van der Waals surface area contributed by atoms with Crippen LogP contribution in [0.2, 0.25) is 0 Å². The van der Waals surface area contributed by atoms with Gasteiger partial charge in [-0.3, -0.25) is 0 Å². The van der Waals surface area contributed by atoms with Crippen molar-refractivity contribution in [2.75, 3.05) is 6.54 Å². The molecule has 0 fully saturated rings. The number of nitrogens with zero attached hydrogens (tertiary/aromatic N) is 1. The fraction of sp³-hybridized carbons (Fsp3) is 0.250. The van der Waals surface area contributed by atoms with Crippen LogP contribution < -0.4 is 5.73 Å². The van der Waals surface area contributed by atoms with Crippen molar-refractivity contribution < 1.29 is 0 Å². The predicted octanol–water partition coefficient (Wildman–Crippen LogP) is 1.45. The predicted molar refractivity (Wildman–Crippen MR) is 56.3 cm³/mol. The van der Waals surface area contributed by atoms with Crippen LogP contribution >= 0.6 is 0 Å². The van der Waals surface area contributed by atoms with Gasteiger partial charge in [0, 0.05) is 5.56 Å². The van der Waals surface area contributed by atoms with E-state index in [0.717, 1.165) is 17.5 Å². The topological polar surface area (TPSA) is 49.8 Å². The van der Waals surface area contributed by atoms with Crippen LogP contribution in [0.4, 0.5) is 0 Å². The molecule has 0 aliphatic rings. The van der Waals surface area contributed by atoms with Crippen LogP contribution in [0.25, 0.3) is 0 Å². The molecule has 2 N–H and O–H groups in total. The molecule has 0 radical (unpaired) electrons. The fourth-order valence-electron chi connectivity index (χ4n) is 1.19. The molecular formula is C12H12N2. The van der Waals surface area contributed by atoms with Gasteiger partial charge in [0.1, 0.15) is 0 Å². The average Bonchev–Trinajstić information content (AvgIpc) is 2.21. The Morgan fingerprint density at radius 1 is 1.29 bits per heavy atom. The van der Waals surface area contributed by atoms with Crippen LogP contribution in [0, 0.1) is 23.2 Å². The molecule has 0 saturated heterocycles. The highest BCUT2D eigenvalue weighted by molar-refractivity contribution is 5.41. The van der Waals surface area contributed by atoms with Crippen molar-refractivity contribution in [1.82, 2.24) is 0 Å². The minimum atomic E-state index is 0.275. The fourth-order valence-corrected chi connectivity index (χ4v) is 1.19. The lowest BCUT2D eigenvalue weighted by atomic mass is 10.1. The van der Waals surface area contributed by atoms with Crippen LogP contribution in [-0.2, 0) is 6.42 Å². The molecule has 1 aromatic rings. The second kappa shape index (κ2) is 5.80. The summed E-state index contributed by atoms with van der Waals surface area (Å²) in [4.78, 5) is 0. The smallest absolute Gasteiger partial charge is 0.0966 e. The van der Waals surface area contributed by atoms with Gasteiger partial charge in [-0.15, -0.1) is 0 Å². The summed E-state index contributed by atoms with van der Waals surface area (Å²) in [6, 6.07) is 9.88. The van der Waals surface area contributed by atoms with E-state index in [9.17, 15) is 0 Å². The Balaban J connectivity index is 2.86. The third-order valence-corrected chi connectivity index (χ3v) is 1.82. The van der Waals surface area contributed by atoms with Crippen molar-refractivity contribution in [2.45, 2.75) is 12.8 Å². The van der Waals surface area contributed by atoms with Crippen LogP contribution in [0.15, 0.2) is 24.3 Å². The van der Waals surface area contributed by atoms with Gasteiger partial charge in [-0.05, 0) is 24.6 Å². The van der Waals surface area contributed by atoms with Crippen LogP contribution in [0.1, 0.15) is 17.5 Å². The van der Waals surface area contributed by atoms with Gasteiger partial charge < -0.3 is 5.73 Å². The van der Waals surface area contributed by atoms with Crippen molar-refractivity contribution in [2.24, 2.45) is 5.73 Å². The van der Waals surface area contributed by atoms with E-state index in [4.69, 9.17) is 11.0 Å². The molecule has 0 aliphatic carbocycles. The molecule has 14 heavy (non-hydrogen) atoms. The lowest BCUT2D eigenvalue weighted by molar-refractivity contribution is 0.965. The van der Waals surface area contributed by atoms with Crippen molar-refractivity contribution in [1.29, 1.82) is 5.26 Å². The Labute approximate surface area is 84.4 Å². The first kappa shape index (κ1) is 10.3. The third-order valence-electron chi connectivity index (χ3n) is 1.82. The van der Waals surface area contributed by atoms with E-state index in [1.807, 2.05) is 30.3 Å². The van der Waals surface area contributed by atoms with Gasteiger partial charge in [0.15, 0.2) is 0 Å². The van der Waals surface area contributed by atoms with Gasteiger partial charge >= 0.3 is 0 Å². The van der Waals surface area contributed by atoms with Crippen LogP contribution in [0.3, 0.4) is 0 Å². The molecule has 1 rings (SSSR count). The number of benzene rings is 1. The van der Waals surface area contributed by atoms with Crippen molar-refractivity contribution in [3.63, 3.8) is 0 Å². The Hall–Kier alpha value is -1.77. The molecule has 0 unspecified atom stereocenters. The summed E-state index contributed by atoms with van der Waals surface area (Å²) in [5.41, 5.74) is 7.62. The lowest BCUT2D eigenvalue weighted by Gasteiger charge is -2.00. The van der Waals surface area contributed by atoms with Gasteiger partial charge in [0.25, 0.3) is 0 Å². The molecular weight excluding hydrogens is 172 g/mol. The first-order chi connectivity index (χ1) is 6.88. The largest absolute Gasteiger partial charge is 0.330 e. The number of hydrogen-bond donors (Lipinski definition) is 1. The molecule has 0 amide bonds. The quantitative estimate of drug-likeness (QED) is 0.707. The summed E-state index contributed by atoms with van der Waals surface area (Å²) in [6.07, 6.45) is 1.11. The monoisotopic (exact) mass is 184 g/mol. The van der Waals surface area contributed by atoms with Gasteiger partial charge in [-0.25, -0.2) is 0 Å². The number of nitrogens with two attached hydrogens (primary N) is 1. The van der Waals surface area contributed by atoms with E-state index in [1.165, 1.54) is 0 Å². The highest BCUT2D eigenvalue weighted by Gasteiger charge is 1.96. The van der Waals surface area contributed by atoms with Crippen molar-refractivity contribution in [3.05, 3.63) is 35.4 Å². The maximum atomic E-state index is 8.34. The first-order valence-electron chi connectivity index (χ1n) is 4.52. The number of rotatable bonds is 2. The summed E-state index contributed by atoms with van der Waals surface area (Å²) >= 11 is 0. The van der Waals surface area contributed by atoms with Gasteiger partial charge in [-0.1, -0.05) is 30.0 Å². The van der Waals surface area contributed by atoms with E-state index < -0.39 is 0 Å². The van der Waals surface area contributed by atoms with Gasteiger partial charge in [0.05, 0.1) is 12.5 Å². The van der Waals surface area contributed by atoms with E-state index >= 15 is 0 Å². The lowest BCUT2D eigenvalue weighted by Crippen LogP contribution is -2.03. The molecule has 2 nitrogen and oxygen atoms in total. The second-order valence-electron chi connectivity index (χ2n) is 2.83. The van der Waals surface area contributed by atoms with E-state index in [2.05, 4.69) is 11.8 Å². The second-order valence-corrected chi connectivity index (χ2v) is 2.83. The standard InChI is InChI=1S/C12H12N2/c13-9-4-3-7-11-5-1-2-6-12(11)8-10-14/h1-2,5-6H,4,8,10,14H2. The Bertz CT molecular complexity index is 391. The summed E-state index contributed by atoms with van der Waals surface area (Å²) in [5, 5.41) is 8.34. The molecule has 0 aromatic heterocycles. The Morgan fingerprint density at radius 2 is 2.07 bits per heavy atom. The summed E-state index contributed by atoms with van der Waals surface area (Å²) in [7, 11) is 0. The zero-order chi connectivity index (χ0) is 10.2. The van der Waals surface area contributed by atoms with Gasteiger partial charge in [-0.2, -0.15) is 5.26 Å². The maximum Gasteiger partial charge on any atom is 0.0966 e. The normalized spacial score (nSPS) is 8.57. The summed E-state index contributed by atoms with van der Waals surface area (Å²) in [5.74, 6) is 5.77. The molecule has 0 aliphatic heterocycles. The van der Waals surface area contributed by atoms with Crippen molar-refractivity contribution in [3.8, 4) is 17.9 Å². The molecule has 2 heteroatoms. The highest BCUT2D eigenvalue weighted by atomic mass is 14.5. The van der Waals surface area contributed by atoms with Gasteiger partial charge in [0.2, 0.25) is 0 Å². The SMILES string of the molecule is N#CCC#Cc1ccccc1CCN. The minimum absolute atomic E-state index is 0.275. The molecule has 0 heterocycles. The molecule has 0 saturated carbocycles. The zero-order valence-corrected chi connectivity index (χ0v) is 7.96. The first-order valence-corrected chi connectivity index (χ1v) is 4.52. The molecule has 0 bridgehead atoms. The Morgan fingerprint density at radius 3 is 2.79 bits per heavy atom. The van der Waals surface area contributed by atoms with Crippen LogP contribution in [0.5, 0.6) is 0 Å². The highest BCUT2D eigenvalue weighted by Crippen LogP contribution is 2.07. The van der Waals surface area contributed by atoms with E-state index in [-0.39, 0.29) is 6.42 Å². The molecule has 0 atom stereocenters. The summed E-state index contributed by atoms with van der Waals surface area (Å²) < 4.78 is 0. The number of hydrogen-bond acceptors (Lipinski definition) is 2. The third kappa shape index (κ3) is 2.94. The molecule has 70 valence electrons. The molecule has 1 aromatic carbocycles. The summed E-state index contributed by atoms with van der Waals surface area (Å²) in [6.45, 7) is 0.622. The zero-order valence-electron chi connectivity index (χ0n) is 7.96. The Kier molecular flexibility index (Phi) is 4.27. The van der Waals surface area contributed by atoms with E-state index in [0.29, 0.717) is 6.54 Å². The van der Waals surface area contributed by atoms with Crippen LogP contribution in [-0.4, -0.2) is 6.54 Å². The van der Waals surface area contributed by atoms with Crippen molar-refractivity contribution >= 4 is 0 Å². The van der Waals surface area contributed by atoms with E-state index in [1.54, 1.807) is 0 Å². The number of nitriles is 1. The molecule has 0 spiro atoms. The average molecular weight is 184 g/mol. The maximum absolute atomic E-state index is 8.34. The minimum Gasteiger partial charge on any atom is -0.330 e.